The van der Waals surface area contributed by atoms with Crippen LogP contribution in [0.5, 0.6) is 0 Å². The van der Waals surface area contributed by atoms with E-state index in [4.69, 9.17) is 9.84 Å². The minimum atomic E-state index is -1.13. The van der Waals surface area contributed by atoms with Crippen LogP contribution in [0.2, 0.25) is 0 Å². The highest BCUT2D eigenvalue weighted by molar-refractivity contribution is 9.11. The van der Waals surface area contributed by atoms with Crippen LogP contribution in [0, 0.1) is 0 Å². The third-order valence-electron chi connectivity index (χ3n) is 2.28. The van der Waals surface area contributed by atoms with E-state index in [1.165, 1.54) is 6.08 Å². The van der Waals surface area contributed by atoms with Gasteiger partial charge in [0.2, 0.25) is 0 Å². The highest BCUT2D eigenvalue weighted by Crippen LogP contribution is 2.21. The first-order valence-electron chi connectivity index (χ1n) is 5.64. The van der Waals surface area contributed by atoms with Crippen molar-refractivity contribution in [3.05, 3.63) is 45.4 Å². The Balaban J connectivity index is 2.74. The molecule has 1 rings (SSSR count). The van der Waals surface area contributed by atoms with Gasteiger partial charge in [0.25, 0.3) is 0 Å². The van der Waals surface area contributed by atoms with Crippen LogP contribution in [-0.4, -0.2) is 29.8 Å². The Morgan fingerprint density at radius 2 is 1.95 bits per heavy atom. The maximum atomic E-state index is 11.4. The standard InChI is InChI=1S/C13H13Br2NO4/c1-2-3-20-13(19)16-11(12(17)18)6-8-4-9(14)7-10(15)5-8/h2,4-5,7,11H,1,3,6H2,(H,16,19)(H,17,18). The first-order valence-corrected chi connectivity index (χ1v) is 7.23. The summed E-state index contributed by atoms with van der Waals surface area (Å²) in [5.74, 6) is -1.13. The lowest BCUT2D eigenvalue weighted by atomic mass is 10.1. The molecule has 0 fully saturated rings. The molecule has 20 heavy (non-hydrogen) atoms. The van der Waals surface area contributed by atoms with Gasteiger partial charge >= 0.3 is 12.1 Å². The molecule has 1 unspecified atom stereocenters. The zero-order chi connectivity index (χ0) is 15.1. The predicted molar refractivity (Wildman–Crippen MR) is 81.7 cm³/mol. The second-order valence-electron chi connectivity index (χ2n) is 3.90. The van der Waals surface area contributed by atoms with Crippen LogP contribution < -0.4 is 5.32 Å². The minimum absolute atomic E-state index is 0.0284. The van der Waals surface area contributed by atoms with E-state index in [1.807, 2.05) is 6.07 Å². The van der Waals surface area contributed by atoms with E-state index in [9.17, 15) is 9.59 Å². The SMILES string of the molecule is C=CCOC(=O)NC(Cc1cc(Br)cc(Br)c1)C(=O)O. The molecule has 0 saturated heterocycles. The number of carbonyl (C=O) groups is 2. The number of hydrogen-bond acceptors (Lipinski definition) is 3. The third kappa shape index (κ3) is 5.75. The highest BCUT2D eigenvalue weighted by Gasteiger charge is 2.21. The molecule has 0 bridgehead atoms. The fraction of sp³-hybridized carbons (Fsp3) is 0.231. The first-order chi connectivity index (χ1) is 9.42. The van der Waals surface area contributed by atoms with E-state index in [2.05, 4.69) is 43.8 Å². The van der Waals surface area contributed by atoms with E-state index in [-0.39, 0.29) is 13.0 Å². The number of benzene rings is 1. The number of carboxylic acids is 1. The van der Waals surface area contributed by atoms with Crippen molar-refractivity contribution >= 4 is 43.9 Å². The van der Waals surface area contributed by atoms with Gasteiger partial charge in [0.1, 0.15) is 12.6 Å². The molecule has 1 atom stereocenters. The van der Waals surface area contributed by atoms with E-state index >= 15 is 0 Å². The van der Waals surface area contributed by atoms with Crippen LogP contribution in [0.25, 0.3) is 0 Å². The van der Waals surface area contributed by atoms with Gasteiger partial charge in [-0.15, -0.1) is 0 Å². The van der Waals surface area contributed by atoms with Crippen molar-refractivity contribution < 1.29 is 19.4 Å². The van der Waals surface area contributed by atoms with Gasteiger partial charge < -0.3 is 15.2 Å². The molecule has 0 saturated carbocycles. The third-order valence-corrected chi connectivity index (χ3v) is 3.20. The number of aliphatic carboxylic acids is 1. The van der Waals surface area contributed by atoms with Gasteiger partial charge in [0.15, 0.2) is 0 Å². The van der Waals surface area contributed by atoms with Gasteiger partial charge in [-0.3, -0.25) is 0 Å². The van der Waals surface area contributed by atoms with Gasteiger partial charge in [-0.2, -0.15) is 0 Å². The number of halogens is 2. The summed E-state index contributed by atoms with van der Waals surface area (Å²) in [5, 5.41) is 11.4. The molecular weight excluding hydrogens is 394 g/mol. The molecule has 2 N–H and O–H groups in total. The van der Waals surface area contributed by atoms with Crippen molar-refractivity contribution in [2.75, 3.05) is 6.61 Å². The summed E-state index contributed by atoms with van der Waals surface area (Å²) < 4.78 is 6.35. The van der Waals surface area contributed by atoms with Crippen molar-refractivity contribution in [1.82, 2.24) is 5.32 Å². The first kappa shape index (κ1) is 16.7. The summed E-state index contributed by atoms with van der Waals surface area (Å²) in [5.41, 5.74) is 0.766. The summed E-state index contributed by atoms with van der Waals surface area (Å²) in [7, 11) is 0. The van der Waals surface area contributed by atoms with Crippen LogP contribution in [0.15, 0.2) is 39.8 Å². The Labute approximate surface area is 133 Å². The number of carboxylic acid groups (broad SMARTS) is 1. The molecule has 0 spiro atoms. The second kappa shape index (κ2) is 8.06. The topological polar surface area (TPSA) is 75.6 Å². The molecule has 7 heteroatoms. The van der Waals surface area contributed by atoms with Gasteiger partial charge in [0, 0.05) is 15.4 Å². The monoisotopic (exact) mass is 405 g/mol. The molecule has 0 radical (unpaired) electrons. The molecule has 0 aromatic heterocycles. The van der Waals surface area contributed by atoms with E-state index in [0.717, 1.165) is 14.5 Å². The highest BCUT2D eigenvalue weighted by atomic mass is 79.9. The molecule has 1 aromatic carbocycles. The van der Waals surface area contributed by atoms with E-state index in [1.54, 1.807) is 12.1 Å². The fourth-order valence-corrected chi connectivity index (χ4v) is 2.87. The normalized spacial score (nSPS) is 11.5. The van der Waals surface area contributed by atoms with Gasteiger partial charge in [-0.1, -0.05) is 44.5 Å². The number of nitrogens with one attached hydrogen (secondary N) is 1. The maximum absolute atomic E-state index is 11.4. The number of alkyl carbamates (subject to hydrolysis) is 1. The van der Waals surface area contributed by atoms with Crippen molar-refractivity contribution in [2.45, 2.75) is 12.5 Å². The Bertz CT molecular complexity index is 499. The van der Waals surface area contributed by atoms with E-state index < -0.39 is 18.1 Å². The smallest absolute Gasteiger partial charge is 0.408 e. The molecule has 0 aliphatic rings. The van der Waals surface area contributed by atoms with Crippen molar-refractivity contribution in [2.24, 2.45) is 0 Å². The number of carbonyl (C=O) groups excluding carboxylic acids is 1. The maximum Gasteiger partial charge on any atom is 0.408 e. The van der Waals surface area contributed by atoms with Crippen molar-refractivity contribution in [3.63, 3.8) is 0 Å². The van der Waals surface area contributed by atoms with Crippen LogP contribution in [0.3, 0.4) is 0 Å². The second-order valence-corrected chi connectivity index (χ2v) is 5.74. The lowest BCUT2D eigenvalue weighted by Crippen LogP contribution is -2.42. The van der Waals surface area contributed by atoms with Crippen LogP contribution >= 0.6 is 31.9 Å². The minimum Gasteiger partial charge on any atom is -0.480 e. The summed E-state index contributed by atoms with van der Waals surface area (Å²) in [6, 6.07) is 4.36. The Kier molecular flexibility index (Phi) is 6.74. The lowest BCUT2D eigenvalue weighted by molar-refractivity contribution is -0.139. The molecular formula is C13H13Br2NO4. The van der Waals surface area contributed by atoms with Gasteiger partial charge in [-0.25, -0.2) is 9.59 Å². The quantitative estimate of drug-likeness (QED) is 0.711. The zero-order valence-corrected chi connectivity index (χ0v) is 13.6. The largest absolute Gasteiger partial charge is 0.480 e. The van der Waals surface area contributed by atoms with Gasteiger partial charge in [0.05, 0.1) is 0 Å². The van der Waals surface area contributed by atoms with Gasteiger partial charge in [-0.05, 0) is 23.8 Å². The molecule has 0 heterocycles. The van der Waals surface area contributed by atoms with Crippen molar-refractivity contribution in [1.29, 1.82) is 0 Å². The van der Waals surface area contributed by atoms with Crippen molar-refractivity contribution in [3.8, 4) is 0 Å². The number of amides is 1. The molecule has 0 aliphatic heterocycles. The summed E-state index contributed by atoms with van der Waals surface area (Å²) >= 11 is 6.65. The Morgan fingerprint density at radius 3 is 2.45 bits per heavy atom. The van der Waals surface area contributed by atoms with Crippen LogP contribution in [0.1, 0.15) is 5.56 Å². The lowest BCUT2D eigenvalue weighted by Gasteiger charge is -2.14. The summed E-state index contributed by atoms with van der Waals surface area (Å²) in [6.45, 7) is 3.43. The van der Waals surface area contributed by atoms with E-state index in [0.29, 0.717) is 0 Å². The Hall–Kier alpha value is -1.34. The molecule has 1 aromatic rings. The average Bonchev–Trinajstić information content (AvgIpc) is 2.34. The number of rotatable bonds is 6. The predicted octanol–water partition coefficient (Wildman–Crippen LogP) is 3.12. The number of hydrogen-bond donors (Lipinski definition) is 2. The van der Waals surface area contributed by atoms with Crippen LogP contribution in [0.4, 0.5) is 4.79 Å². The molecule has 5 nitrogen and oxygen atoms in total. The van der Waals surface area contributed by atoms with Crippen LogP contribution in [-0.2, 0) is 16.0 Å². The molecule has 1 amide bonds. The average molecular weight is 407 g/mol. The zero-order valence-electron chi connectivity index (χ0n) is 10.4. The Morgan fingerprint density at radius 1 is 1.35 bits per heavy atom. The fourth-order valence-electron chi connectivity index (χ4n) is 1.48. The molecule has 108 valence electrons. The summed E-state index contributed by atoms with van der Waals surface area (Å²) in [6.07, 6.45) is 0.767. The summed E-state index contributed by atoms with van der Waals surface area (Å²) in [4.78, 5) is 22.5. The number of ether oxygens (including phenoxy) is 1. The molecule has 0 aliphatic carbocycles.